The zero-order valence-corrected chi connectivity index (χ0v) is 18.7. The molecule has 2 fully saturated rings. The Hall–Kier alpha value is -3.06. The molecule has 1 aliphatic carbocycles. The van der Waals surface area contributed by atoms with Gasteiger partial charge in [-0.15, -0.1) is 11.3 Å². The van der Waals surface area contributed by atoms with E-state index in [2.05, 4.69) is 16.4 Å². The first kappa shape index (κ1) is 20.8. The summed E-state index contributed by atoms with van der Waals surface area (Å²) >= 11 is 1.68. The highest BCUT2D eigenvalue weighted by Crippen LogP contribution is 2.39. The molecule has 6 nitrogen and oxygen atoms in total. The Kier molecular flexibility index (Phi) is 5.51. The minimum atomic E-state index is -0.817. The predicted molar refractivity (Wildman–Crippen MR) is 124 cm³/mol. The molecule has 0 radical (unpaired) electrons. The normalized spacial score (nSPS) is 21.6. The van der Waals surface area contributed by atoms with Gasteiger partial charge in [-0.2, -0.15) is 0 Å². The molecule has 3 amide bonds. The number of para-hydroxylation sites is 1. The molecule has 2 aromatic carbocycles. The molecule has 0 bridgehead atoms. The number of likely N-dealkylation sites (tertiary alicyclic amines) is 1. The van der Waals surface area contributed by atoms with E-state index in [1.54, 1.807) is 18.3 Å². The zero-order valence-electron chi connectivity index (χ0n) is 17.9. The summed E-state index contributed by atoms with van der Waals surface area (Å²) in [5, 5.41) is 3.90. The maximum Gasteiger partial charge on any atom is 0.247 e. The third kappa shape index (κ3) is 3.81. The molecule has 7 heteroatoms. The standard InChI is InChI=1S/C25H25N3O3S/c1-15(28-24(30)18-6-2-3-7-19(18)25(28)31)23(29)26-17-12-10-16(11-13-17)14-22-27-20-8-4-5-9-21(20)32-22/h4-5,8-13,15,18-19H,2-3,6-7,14H2,1H3,(H,26,29). The fraction of sp³-hybridized carbons (Fsp3) is 0.360. The number of amides is 3. The average Bonchev–Trinajstić information content (AvgIpc) is 3.33. The molecule has 1 N–H and O–H groups in total. The fourth-order valence-electron chi connectivity index (χ4n) is 4.81. The quantitative estimate of drug-likeness (QED) is 0.589. The van der Waals surface area contributed by atoms with Gasteiger partial charge in [0.15, 0.2) is 0 Å². The second kappa shape index (κ2) is 8.47. The Bertz CT molecular complexity index is 1130. The number of fused-ring (bicyclic) bond motifs is 2. The van der Waals surface area contributed by atoms with Crippen LogP contribution in [0.1, 0.15) is 43.2 Å². The van der Waals surface area contributed by atoms with Crippen molar-refractivity contribution in [2.24, 2.45) is 11.8 Å². The minimum absolute atomic E-state index is 0.187. The second-order valence-electron chi connectivity index (χ2n) is 8.66. The first-order chi connectivity index (χ1) is 15.5. The number of carbonyl (C=O) groups is 3. The van der Waals surface area contributed by atoms with Gasteiger partial charge in [-0.25, -0.2) is 4.98 Å². The van der Waals surface area contributed by atoms with E-state index in [0.29, 0.717) is 5.69 Å². The van der Waals surface area contributed by atoms with Crippen LogP contribution < -0.4 is 5.32 Å². The Morgan fingerprint density at radius 3 is 2.38 bits per heavy atom. The number of nitrogens with zero attached hydrogens (tertiary/aromatic N) is 2. The van der Waals surface area contributed by atoms with E-state index in [0.717, 1.165) is 48.2 Å². The van der Waals surface area contributed by atoms with Gasteiger partial charge in [-0.1, -0.05) is 37.1 Å². The van der Waals surface area contributed by atoms with Gasteiger partial charge in [0.1, 0.15) is 6.04 Å². The summed E-state index contributed by atoms with van der Waals surface area (Å²) in [5.41, 5.74) is 2.76. The maximum absolute atomic E-state index is 12.8. The third-order valence-corrected chi connectivity index (χ3v) is 7.59. The molecule has 1 aromatic heterocycles. The smallest absolute Gasteiger partial charge is 0.247 e. The summed E-state index contributed by atoms with van der Waals surface area (Å²) in [7, 11) is 0. The number of imide groups is 1. The van der Waals surface area contributed by atoms with Crippen LogP contribution in [0.5, 0.6) is 0 Å². The molecule has 3 aromatic rings. The van der Waals surface area contributed by atoms with Crippen LogP contribution in [-0.2, 0) is 20.8 Å². The van der Waals surface area contributed by atoms with E-state index < -0.39 is 6.04 Å². The van der Waals surface area contributed by atoms with Crippen LogP contribution in [0.25, 0.3) is 10.2 Å². The highest BCUT2D eigenvalue weighted by molar-refractivity contribution is 7.18. The molecule has 2 aliphatic rings. The van der Waals surface area contributed by atoms with E-state index >= 15 is 0 Å². The Morgan fingerprint density at radius 2 is 1.72 bits per heavy atom. The number of hydrogen-bond acceptors (Lipinski definition) is 5. The molecular weight excluding hydrogens is 422 g/mol. The predicted octanol–water partition coefficient (Wildman–Crippen LogP) is 4.39. The maximum atomic E-state index is 12.8. The molecule has 1 saturated heterocycles. The van der Waals surface area contributed by atoms with Gasteiger partial charge in [0, 0.05) is 12.1 Å². The molecule has 0 spiro atoms. The van der Waals surface area contributed by atoms with Gasteiger partial charge >= 0.3 is 0 Å². The number of carbonyl (C=O) groups excluding carboxylic acids is 3. The number of aromatic nitrogens is 1. The Balaban J connectivity index is 1.23. The van der Waals surface area contributed by atoms with Crippen LogP contribution in [0.3, 0.4) is 0 Å². The van der Waals surface area contributed by atoms with Crippen molar-refractivity contribution in [1.82, 2.24) is 9.88 Å². The van der Waals surface area contributed by atoms with E-state index in [1.165, 1.54) is 9.60 Å². The first-order valence-corrected chi connectivity index (χ1v) is 11.9. The van der Waals surface area contributed by atoms with Crippen molar-refractivity contribution in [2.45, 2.75) is 45.1 Å². The fourth-order valence-corrected chi connectivity index (χ4v) is 5.81. The molecule has 1 aliphatic heterocycles. The topological polar surface area (TPSA) is 79.4 Å². The second-order valence-corrected chi connectivity index (χ2v) is 9.77. The van der Waals surface area contributed by atoms with Gasteiger partial charge in [0.25, 0.3) is 0 Å². The number of rotatable bonds is 5. The lowest BCUT2D eigenvalue weighted by Gasteiger charge is -2.22. The molecule has 32 heavy (non-hydrogen) atoms. The van der Waals surface area contributed by atoms with Gasteiger partial charge in [0.05, 0.1) is 27.1 Å². The molecule has 164 valence electrons. The summed E-state index contributed by atoms with van der Waals surface area (Å²) < 4.78 is 1.17. The van der Waals surface area contributed by atoms with Crippen molar-refractivity contribution in [3.05, 3.63) is 59.1 Å². The van der Waals surface area contributed by atoms with Crippen LogP contribution in [0.2, 0.25) is 0 Å². The first-order valence-electron chi connectivity index (χ1n) is 11.1. The number of hydrogen-bond donors (Lipinski definition) is 1. The highest BCUT2D eigenvalue weighted by atomic mass is 32.1. The molecular formula is C25H25N3O3S. The van der Waals surface area contributed by atoms with Crippen LogP contribution in [0.4, 0.5) is 5.69 Å². The lowest BCUT2D eigenvalue weighted by molar-refractivity contribution is -0.146. The SMILES string of the molecule is CC(C(=O)Nc1ccc(Cc2nc3ccccc3s2)cc1)N1C(=O)C2CCCCC2C1=O. The number of benzene rings is 2. The summed E-state index contributed by atoms with van der Waals surface area (Å²) in [6.07, 6.45) is 4.16. The molecule has 3 unspecified atom stereocenters. The minimum Gasteiger partial charge on any atom is -0.324 e. The van der Waals surface area contributed by atoms with E-state index in [9.17, 15) is 14.4 Å². The summed E-state index contributed by atoms with van der Waals surface area (Å²) in [6, 6.07) is 14.9. The van der Waals surface area contributed by atoms with Crippen LogP contribution >= 0.6 is 11.3 Å². The van der Waals surface area contributed by atoms with E-state index in [1.807, 2.05) is 42.5 Å². The van der Waals surface area contributed by atoms with Crippen molar-refractivity contribution in [3.8, 4) is 0 Å². The molecule has 5 rings (SSSR count). The van der Waals surface area contributed by atoms with Crippen molar-refractivity contribution < 1.29 is 14.4 Å². The van der Waals surface area contributed by atoms with Crippen molar-refractivity contribution in [3.63, 3.8) is 0 Å². The van der Waals surface area contributed by atoms with Crippen molar-refractivity contribution in [1.29, 1.82) is 0 Å². The van der Waals surface area contributed by atoms with Crippen molar-refractivity contribution >= 4 is 45.0 Å². The van der Waals surface area contributed by atoms with Crippen molar-refractivity contribution in [2.75, 3.05) is 5.32 Å². The Labute approximate surface area is 190 Å². The van der Waals surface area contributed by atoms with E-state index in [4.69, 9.17) is 0 Å². The molecule has 3 atom stereocenters. The van der Waals surface area contributed by atoms with Crippen LogP contribution in [-0.4, -0.2) is 33.6 Å². The molecule has 2 heterocycles. The third-order valence-electron chi connectivity index (χ3n) is 6.56. The highest BCUT2D eigenvalue weighted by Gasteiger charge is 2.50. The number of thiazole rings is 1. The zero-order chi connectivity index (χ0) is 22.2. The van der Waals surface area contributed by atoms with Gasteiger partial charge in [-0.3, -0.25) is 19.3 Å². The lowest BCUT2D eigenvalue weighted by Crippen LogP contribution is -2.46. The number of anilines is 1. The largest absolute Gasteiger partial charge is 0.324 e. The van der Waals surface area contributed by atoms with E-state index in [-0.39, 0.29) is 29.6 Å². The average molecular weight is 448 g/mol. The van der Waals surface area contributed by atoms with Crippen LogP contribution in [0, 0.1) is 11.8 Å². The van der Waals surface area contributed by atoms with Gasteiger partial charge in [-0.05, 0) is 49.6 Å². The summed E-state index contributed by atoms with van der Waals surface area (Å²) in [4.78, 5) is 44.2. The van der Waals surface area contributed by atoms with Crippen LogP contribution in [0.15, 0.2) is 48.5 Å². The monoisotopic (exact) mass is 447 g/mol. The van der Waals surface area contributed by atoms with Gasteiger partial charge in [0.2, 0.25) is 17.7 Å². The molecule has 1 saturated carbocycles. The Morgan fingerprint density at radius 1 is 1.06 bits per heavy atom. The summed E-state index contributed by atoms with van der Waals surface area (Å²) in [6.45, 7) is 1.63. The van der Waals surface area contributed by atoms with Gasteiger partial charge < -0.3 is 5.32 Å². The lowest BCUT2D eigenvalue weighted by atomic mass is 9.81. The summed E-state index contributed by atoms with van der Waals surface area (Å²) in [5.74, 6) is -1.20. The number of nitrogens with one attached hydrogen (secondary N) is 1.